The summed E-state index contributed by atoms with van der Waals surface area (Å²) in [6.07, 6.45) is 9.14. The van der Waals surface area contributed by atoms with Gasteiger partial charge in [0.15, 0.2) is 0 Å². The summed E-state index contributed by atoms with van der Waals surface area (Å²) < 4.78 is 5.60. The molecule has 1 N–H and O–H groups in total. The van der Waals surface area contributed by atoms with E-state index >= 15 is 0 Å². The molecule has 0 aliphatic rings. The molecular weight excluding hydrogens is 272 g/mol. The molecule has 0 atom stereocenters. The largest absolute Gasteiger partial charge is 0.444 e. The molecule has 0 fully saturated rings. The van der Waals surface area contributed by atoms with E-state index in [0.29, 0.717) is 5.89 Å². The first kappa shape index (κ1) is 16.8. The molecule has 0 aliphatic heterocycles. The van der Waals surface area contributed by atoms with Crippen molar-refractivity contribution in [2.24, 2.45) is 0 Å². The number of rotatable bonds is 10. The van der Waals surface area contributed by atoms with Crippen molar-refractivity contribution < 1.29 is 4.42 Å². The average Bonchev–Trinajstić information content (AvgIpc) is 3.02. The van der Waals surface area contributed by atoms with Crippen LogP contribution in [-0.4, -0.2) is 11.5 Å². The van der Waals surface area contributed by atoms with Gasteiger partial charge in [-0.05, 0) is 43.5 Å². The van der Waals surface area contributed by atoms with E-state index in [1.807, 2.05) is 0 Å². The average molecular weight is 300 g/mol. The number of benzene rings is 1. The molecule has 0 saturated heterocycles. The third kappa shape index (κ3) is 5.30. The van der Waals surface area contributed by atoms with Crippen LogP contribution in [-0.2, 0) is 13.0 Å². The lowest BCUT2D eigenvalue weighted by Crippen LogP contribution is -2.14. The zero-order valence-corrected chi connectivity index (χ0v) is 13.9. The van der Waals surface area contributed by atoms with E-state index < -0.39 is 0 Å². The zero-order valence-electron chi connectivity index (χ0n) is 13.9. The van der Waals surface area contributed by atoms with Crippen LogP contribution in [0.5, 0.6) is 0 Å². The summed E-state index contributed by atoms with van der Waals surface area (Å²) in [5.74, 6) is 0.715. The van der Waals surface area contributed by atoms with Crippen LogP contribution in [0.1, 0.15) is 57.2 Å². The maximum atomic E-state index is 5.60. The lowest BCUT2D eigenvalue weighted by Gasteiger charge is -2.01. The summed E-state index contributed by atoms with van der Waals surface area (Å²) in [5, 5.41) is 3.41. The molecule has 0 aliphatic carbocycles. The van der Waals surface area contributed by atoms with Crippen molar-refractivity contribution in [2.75, 3.05) is 6.54 Å². The quantitative estimate of drug-likeness (QED) is 0.630. The van der Waals surface area contributed by atoms with Gasteiger partial charge in [-0.3, -0.25) is 0 Å². The van der Waals surface area contributed by atoms with Crippen LogP contribution in [0.4, 0.5) is 0 Å². The van der Waals surface area contributed by atoms with Gasteiger partial charge in [0.05, 0.1) is 5.69 Å². The molecule has 0 spiro atoms. The second-order valence-electron chi connectivity index (χ2n) is 5.83. The molecule has 3 heteroatoms. The van der Waals surface area contributed by atoms with Gasteiger partial charge < -0.3 is 9.73 Å². The van der Waals surface area contributed by atoms with Gasteiger partial charge in [-0.15, -0.1) is 0 Å². The fourth-order valence-electron chi connectivity index (χ4n) is 2.43. The summed E-state index contributed by atoms with van der Waals surface area (Å²) in [5.41, 5.74) is 3.41. The molecular formula is C19H28N2O. The molecule has 0 unspecified atom stereocenters. The van der Waals surface area contributed by atoms with E-state index in [-0.39, 0.29) is 0 Å². The topological polar surface area (TPSA) is 38.1 Å². The number of hydrogen-bond acceptors (Lipinski definition) is 3. The predicted octanol–water partition coefficient (Wildman–Crippen LogP) is 4.96. The van der Waals surface area contributed by atoms with Crippen molar-refractivity contribution in [1.82, 2.24) is 10.3 Å². The Morgan fingerprint density at radius 2 is 1.77 bits per heavy atom. The zero-order chi connectivity index (χ0) is 15.6. The Morgan fingerprint density at radius 3 is 2.50 bits per heavy atom. The summed E-state index contributed by atoms with van der Waals surface area (Å²) >= 11 is 0. The Kier molecular flexibility index (Phi) is 7.17. The monoisotopic (exact) mass is 300 g/mol. The minimum absolute atomic E-state index is 0.715. The van der Waals surface area contributed by atoms with Crippen molar-refractivity contribution >= 4 is 0 Å². The molecule has 3 nitrogen and oxygen atoms in total. The molecule has 2 aromatic rings. The van der Waals surface area contributed by atoms with Crippen LogP contribution >= 0.6 is 0 Å². The number of nitrogens with zero attached hydrogens (tertiary/aromatic N) is 1. The Bertz CT molecular complexity index is 531. The smallest absolute Gasteiger partial charge is 0.226 e. The van der Waals surface area contributed by atoms with Gasteiger partial charge in [0.1, 0.15) is 6.26 Å². The van der Waals surface area contributed by atoms with E-state index in [9.17, 15) is 0 Å². The van der Waals surface area contributed by atoms with E-state index in [2.05, 4.69) is 48.4 Å². The van der Waals surface area contributed by atoms with Gasteiger partial charge in [0.2, 0.25) is 5.89 Å². The summed E-state index contributed by atoms with van der Waals surface area (Å²) in [6.45, 7) is 6.26. The highest BCUT2D eigenvalue weighted by Crippen LogP contribution is 2.20. The Labute approximate surface area is 134 Å². The van der Waals surface area contributed by atoms with E-state index in [1.165, 1.54) is 37.7 Å². The van der Waals surface area contributed by atoms with Crippen molar-refractivity contribution in [3.8, 4) is 11.5 Å². The van der Waals surface area contributed by atoms with Gasteiger partial charge in [-0.1, -0.05) is 45.2 Å². The maximum Gasteiger partial charge on any atom is 0.226 e. The van der Waals surface area contributed by atoms with Crippen LogP contribution in [0.25, 0.3) is 11.5 Å². The van der Waals surface area contributed by atoms with Crippen molar-refractivity contribution in [3.63, 3.8) is 0 Å². The number of unbranched alkanes of at least 4 members (excludes halogenated alkanes) is 3. The molecule has 1 aromatic carbocycles. The molecule has 1 aromatic heterocycles. The van der Waals surface area contributed by atoms with E-state index in [0.717, 1.165) is 30.8 Å². The van der Waals surface area contributed by atoms with Gasteiger partial charge in [-0.2, -0.15) is 0 Å². The lowest BCUT2D eigenvalue weighted by atomic mass is 10.1. The Balaban J connectivity index is 1.85. The highest BCUT2D eigenvalue weighted by Gasteiger charge is 2.06. The van der Waals surface area contributed by atoms with Crippen LogP contribution < -0.4 is 5.32 Å². The Morgan fingerprint density at radius 1 is 1.00 bits per heavy atom. The van der Waals surface area contributed by atoms with Crippen molar-refractivity contribution in [2.45, 2.75) is 58.9 Å². The van der Waals surface area contributed by atoms with Crippen LogP contribution in [0.3, 0.4) is 0 Å². The fourth-order valence-corrected chi connectivity index (χ4v) is 2.43. The minimum Gasteiger partial charge on any atom is -0.444 e. The number of nitrogens with one attached hydrogen (secondary N) is 1. The fraction of sp³-hybridized carbons (Fsp3) is 0.526. The molecule has 0 saturated carbocycles. The molecule has 0 amide bonds. The number of aryl methyl sites for hydroxylation is 1. The van der Waals surface area contributed by atoms with Gasteiger partial charge in [0.25, 0.3) is 0 Å². The van der Waals surface area contributed by atoms with Gasteiger partial charge in [-0.25, -0.2) is 4.98 Å². The van der Waals surface area contributed by atoms with Gasteiger partial charge in [0, 0.05) is 12.1 Å². The maximum absolute atomic E-state index is 5.60. The van der Waals surface area contributed by atoms with Crippen LogP contribution in [0.2, 0.25) is 0 Å². The number of aromatic nitrogens is 1. The highest BCUT2D eigenvalue weighted by molar-refractivity contribution is 5.53. The van der Waals surface area contributed by atoms with Crippen molar-refractivity contribution in [3.05, 3.63) is 41.8 Å². The lowest BCUT2D eigenvalue weighted by molar-refractivity contribution is 0.567. The highest BCUT2D eigenvalue weighted by atomic mass is 16.3. The molecule has 22 heavy (non-hydrogen) atoms. The first-order chi connectivity index (χ1) is 10.8. The minimum atomic E-state index is 0.715. The third-order valence-electron chi connectivity index (χ3n) is 3.83. The van der Waals surface area contributed by atoms with E-state index in [1.54, 1.807) is 6.26 Å². The van der Waals surface area contributed by atoms with E-state index in [4.69, 9.17) is 4.42 Å². The SMILES string of the molecule is CCCCCNCc1coc(-c2ccc(CCCC)cc2)n1. The molecule has 0 radical (unpaired) electrons. The summed E-state index contributed by atoms with van der Waals surface area (Å²) in [4.78, 5) is 4.56. The van der Waals surface area contributed by atoms with Crippen LogP contribution in [0, 0.1) is 0 Å². The second kappa shape index (κ2) is 9.42. The first-order valence-corrected chi connectivity index (χ1v) is 8.58. The number of hydrogen-bond donors (Lipinski definition) is 1. The van der Waals surface area contributed by atoms with Crippen molar-refractivity contribution in [1.29, 1.82) is 0 Å². The Hall–Kier alpha value is -1.61. The molecule has 1 heterocycles. The second-order valence-corrected chi connectivity index (χ2v) is 5.83. The first-order valence-electron chi connectivity index (χ1n) is 8.58. The van der Waals surface area contributed by atoms with Crippen LogP contribution in [0.15, 0.2) is 34.9 Å². The van der Waals surface area contributed by atoms with Gasteiger partial charge >= 0.3 is 0 Å². The third-order valence-corrected chi connectivity index (χ3v) is 3.83. The molecule has 120 valence electrons. The summed E-state index contributed by atoms with van der Waals surface area (Å²) in [7, 11) is 0. The molecule has 2 rings (SSSR count). The molecule has 0 bridgehead atoms. The predicted molar refractivity (Wildman–Crippen MR) is 91.8 cm³/mol. The summed E-state index contributed by atoms with van der Waals surface area (Å²) in [6, 6.07) is 8.57. The number of oxazole rings is 1. The normalized spacial score (nSPS) is 11.0. The standard InChI is InChI=1S/C19H28N2O/c1-3-5-7-13-20-14-18-15-22-19(21-18)17-11-9-16(10-12-17)8-6-4-2/h9-12,15,20H,3-8,13-14H2,1-2H3.